The highest BCUT2D eigenvalue weighted by atomic mass is 79.9. The maximum absolute atomic E-state index is 12.4. The summed E-state index contributed by atoms with van der Waals surface area (Å²) < 4.78 is 6.29. The summed E-state index contributed by atoms with van der Waals surface area (Å²) in [6.45, 7) is 0. The van der Waals surface area contributed by atoms with Gasteiger partial charge in [0.15, 0.2) is 0 Å². The molecule has 1 amide bonds. The number of methoxy groups -OCH3 is 1. The molecular formula is C19H17BrN2O2. The SMILES string of the molecule is COc1ccc2[nH]c3c(c2c1)CC(NC(=O)c1ccc(Br)cc1)C3. The van der Waals surface area contributed by atoms with Crippen LogP contribution in [0.25, 0.3) is 10.9 Å². The second-order valence-corrected chi connectivity index (χ2v) is 6.99. The molecule has 0 fully saturated rings. The molecule has 1 heterocycles. The molecule has 1 atom stereocenters. The van der Waals surface area contributed by atoms with Crippen LogP contribution in [-0.4, -0.2) is 24.0 Å². The Kier molecular flexibility index (Phi) is 3.81. The van der Waals surface area contributed by atoms with Gasteiger partial charge in [0.1, 0.15) is 5.75 Å². The molecular weight excluding hydrogens is 368 g/mol. The Bertz CT molecular complexity index is 915. The van der Waals surface area contributed by atoms with Gasteiger partial charge in [-0.3, -0.25) is 4.79 Å². The fourth-order valence-electron chi connectivity index (χ4n) is 3.35. The quantitative estimate of drug-likeness (QED) is 0.720. The number of hydrogen-bond acceptors (Lipinski definition) is 2. The number of H-pyrrole nitrogens is 1. The highest BCUT2D eigenvalue weighted by Gasteiger charge is 2.27. The largest absolute Gasteiger partial charge is 0.497 e. The van der Waals surface area contributed by atoms with E-state index in [0.29, 0.717) is 5.56 Å². The minimum atomic E-state index is -0.0282. The van der Waals surface area contributed by atoms with Gasteiger partial charge in [-0.25, -0.2) is 0 Å². The third-order valence-electron chi connectivity index (χ3n) is 4.54. The molecule has 1 aliphatic rings. The number of hydrogen-bond donors (Lipinski definition) is 2. The molecule has 0 spiro atoms. The Morgan fingerprint density at radius 3 is 2.75 bits per heavy atom. The lowest BCUT2D eigenvalue weighted by Gasteiger charge is -2.12. The van der Waals surface area contributed by atoms with Crippen LogP contribution in [0, 0.1) is 0 Å². The standard InChI is InChI=1S/C19H17BrN2O2/c1-24-14-6-7-17-16(10-14)15-8-13(9-18(15)22-17)21-19(23)11-2-4-12(20)5-3-11/h2-7,10,13,22H,8-9H2,1H3,(H,21,23). The number of benzene rings is 2. The van der Waals surface area contributed by atoms with Crippen molar-refractivity contribution < 1.29 is 9.53 Å². The van der Waals surface area contributed by atoms with Crippen molar-refractivity contribution in [2.75, 3.05) is 7.11 Å². The molecule has 0 saturated carbocycles. The molecule has 0 radical (unpaired) electrons. The first-order valence-corrected chi connectivity index (χ1v) is 8.67. The van der Waals surface area contributed by atoms with Crippen molar-refractivity contribution in [2.24, 2.45) is 0 Å². The summed E-state index contributed by atoms with van der Waals surface area (Å²) in [5.41, 5.74) is 4.29. The molecule has 2 N–H and O–H groups in total. The van der Waals surface area contributed by atoms with E-state index in [-0.39, 0.29) is 11.9 Å². The Morgan fingerprint density at radius 2 is 2.00 bits per heavy atom. The summed E-state index contributed by atoms with van der Waals surface area (Å²) in [6.07, 6.45) is 1.67. The van der Waals surface area contributed by atoms with Crippen molar-refractivity contribution in [2.45, 2.75) is 18.9 Å². The van der Waals surface area contributed by atoms with Gasteiger partial charge in [0.05, 0.1) is 7.11 Å². The normalized spacial score (nSPS) is 16.2. The smallest absolute Gasteiger partial charge is 0.251 e. The molecule has 24 heavy (non-hydrogen) atoms. The van der Waals surface area contributed by atoms with Gasteiger partial charge in [0.2, 0.25) is 0 Å². The average Bonchev–Trinajstić information content (AvgIpc) is 3.12. The van der Waals surface area contributed by atoms with Crippen LogP contribution in [0.2, 0.25) is 0 Å². The number of ether oxygens (including phenoxy) is 1. The van der Waals surface area contributed by atoms with E-state index in [9.17, 15) is 4.79 Å². The van der Waals surface area contributed by atoms with Gasteiger partial charge < -0.3 is 15.0 Å². The molecule has 0 aliphatic heterocycles. The van der Waals surface area contributed by atoms with E-state index in [1.807, 2.05) is 36.4 Å². The van der Waals surface area contributed by atoms with Crippen molar-refractivity contribution in [3.63, 3.8) is 0 Å². The summed E-state index contributed by atoms with van der Waals surface area (Å²) >= 11 is 3.39. The highest BCUT2D eigenvalue weighted by molar-refractivity contribution is 9.10. The second kappa shape index (κ2) is 5.98. The van der Waals surface area contributed by atoms with E-state index in [1.54, 1.807) is 7.11 Å². The zero-order chi connectivity index (χ0) is 16.7. The molecule has 3 aromatic rings. The molecule has 2 aromatic carbocycles. The minimum absolute atomic E-state index is 0.0282. The number of aromatic amines is 1. The Labute approximate surface area is 148 Å². The molecule has 1 aliphatic carbocycles. The number of carbonyl (C=O) groups is 1. The van der Waals surface area contributed by atoms with E-state index in [1.165, 1.54) is 16.6 Å². The van der Waals surface area contributed by atoms with Crippen LogP contribution in [0.3, 0.4) is 0 Å². The molecule has 0 saturated heterocycles. The Hall–Kier alpha value is -2.27. The zero-order valence-corrected chi connectivity index (χ0v) is 14.8. The lowest BCUT2D eigenvalue weighted by atomic mass is 10.1. The summed E-state index contributed by atoms with van der Waals surface area (Å²) in [5, 5.41) is 4.32. The van der Waals surface area contributed by atoms with E-state index in [4.69, 9.17) is 4.74 Å². The van der Waals surface area contributed by atoms with Crippen LogP contribution in [0.15, 0.2) is 46.9 Å². The number of amides is 1. The van der Waals surface area contributed by atoms with Gasteiger partial charge in [0, 0.05) is 39.1 Å². The van der Waals surface area contributed by atoms with Crippen LogP contribution in [0.4, 0.5) is 0 Å². The third-order valence-corrected chi connectivity index (χ3v) is 5.07. The van der Waals surface area contributed by atoms with Gasteiger partial charge in [0.25, 0.3) is 5.91 Å². The molecule has 122 valence electrons. The van der Waals surface area contributed by atoms with Gasteiger partial charge in [-0.05, 0) is 54.4 Å². The van der Waals surface area contributed by atoms with Crippen molar-refractivity contribution >= 4 is 32.7 Å². The summed E-state index contributed by atoms with van der Waals surface area (Å²) in [4.78, 5) is 15.9. The zero-order valence-electron chi connectivity index (χ0n) is 13.2. The maximum atomic E-state index is 12.4. The minimum Gasteiger partial charge on any atom is -0.497 e. The van der Waals surface area contributed by atoms with Crippen LogP contribution < -0.4 is 10.1 Å². The summed E-state index contributed by atoms with van der Waals surface area (Å²) in [6, 6.07) is 13.6. The van der Waals surface area contributed by atoms with Gasteiger partial charge in [-0.1, -0.05) is 15.9 Å². The molecule has 4 nitrogen and oxygen atoms in total. The first kappa shape index (κ1) is 15.3. The number of rotatable bonds is 3. The van der Waals surface area contributed by atoms with E-state index in [2.05, 4.69) is 32.3 Å². The van der Waals surface area contributed by atoms with Gasteiger partial charge in [-0.15, -0.1) is 0 Å². The molecule has 1 aromatic heterocycles. The van der Waals surface area contributed by atoms with Crippen LogP contribution in [-0.2, 0) is 12.8 Å². The molecule has 0 bridgehead atoms. The fourth-order valence-corrected chi connectivity index (χ4v) is 3.62. The van der Waals surface area contributed by atoms with E-state index >= 15 is 0 Å². The van der Waals surface area contributed by atoms with Crippen molar-refractivity contribution in [1.82, 2.24) is 10.3 Å². The van der Waals surface area contributed by atoms with Crippen molar-refractivity contribution in [1.29, 1.82) is 0 Å². The van der Waals surface area contributed by atoms with Crippen LogP contribution >= 0.6 is 15.9 Å². The lowest BCUT2D eigenvalue weighted by Crippen LogP contribution is -2.35. The van der Waals surface area contributed by atoms with E-state index < -0.39 is 0 Å². The second-order valence-electron chi connectivity index (χ2n) is 6.08. The van der Waals surface area contributed by atoms with Crippen molar-refractivity contribution in [3.8, 4) is 5.75 Å². The Morgan fingerprint density at radius 1 is 1.21 bits per heavy atom. The number of halogens is 1. The Balaban J connectivity index is 1.53. The maximum Gasteiger partial charge on any atom is 0.251 e. The topological polar surface area (TPSA) is 54.1 Å². The lowest BCUT2D eigenvalue weighted by molar-refractivity contribution is 0.0938. The van der Waals surface area contributed by atoms with Crippen LogP contribution in [0.5, 0.6) is 5.75 Å². The molecule has 1 unspecified atom stereocenters. The fraction of sp³-hybridized carbons (Fsp3) is 0.211. The number of nitrogens with one attached hydrogen (secondary N) is 2. The first-order chi connectivity index (χ1) is 11.6. The number of carbonyl (C=O) groups excluding carboxylic acids is 1. The van der Waals surface area contributed by atoms with Crippen LogP contribution in [0.1, 0.15) is 21.6 Å². The summed E-state index contributed by atoms with van der Waals surface area (Å²) in [5.74, 6) is 0.825. The van der Waals surface area contributed by atoms with Gasteiger partial charge in [-0.2, -0.15) is 0 Å². The predicted octanol–water partition coefficient (Wildman–Crippen LogP) is 3.84. The van der Waals surface area contributed by atoms with Crippen molar-refractivity contribution in [3.05, 3.63) is 63.8 Å². The number of fused-ring (bicyclic) bond motifs is 3. The monoisotopic (exact) mass is 384 g/mol. The average molecular weight is 385 g/mol. The summed E-state index contributed by atoms with van der Waals surface area (Å²) in [7, 11) is 1.68. The molecule has 4 rings (SSSR count). The highest BCUT2D eigenvalue weighted by Crippen LogP contribution is 2.32. The number of aromatic nitrogens is 1. The predicted molar refractivity (Wildman–Crippen MR) is 97.7 cm³/mol. The van der Waals surface area contributed by atoms with E-state index in [0.717, 1.165) is 28.6 Å². The van der Waals surface area contributed by atoms with Gasteiger partial charge >= 0.3 is 0 Å². The third kappa shape index (κ3) is 2.69. The molecule has 5 heteroatoms. The first-order valence-electron chi connectivity index (χ1n) is 7.88.